The number of ketones is 1. The maximum absolute atomic E-state index is 12.2. The number of hydrogen-bond acceptors (Lipinski definition) is 2. The van der Waals surface area contributed by atoms with Crippen molar-refractivity contribution in [3.63, 3.8) is 0 Å². The van der Waals surface area contributed by atoms with E-state index in [2.05, 4.69) is 13.8 Å². The molecule has 0 aliphatic heterocycles. The van der Waals surface area contributed by atoms with Gasteiger partial charge in [-0.05, 0) is 94.3 Å². The van der Waals surface area contributed by atoms with Crippen LogP contribution in [0.15, 0.2) is 11.1 Å². The van der Waals surface area contributed by atoms with Crippen molar-refractivity contribution in [3.8, 4) is 0 Å². The molecular weight excluding hydrogens is 284 g/mol. The number of aliphatic hydroxyl groups excluding tert-OH is 1. The number of carbonyl (C=O) groups is 1. The minimum atomic E-state index is -0.102. The fourth-order valence-corrected chi connectivity index (χ4v) is 7.28. The van der Waals surface area contributed by atoms with Gasteiger partial charge >= 0.3 is 0 Å². The van der Waals surface area contributed by atoms with Crippen molar-refractivity contribution in [1.29, 1.82) is 0 Å². The van der Waals surface area contributed by atoms with Crippen LogP contribution in [0.4, 0.5) is 0 Å². The highest BCUT2D eigenvalue weighted by Gasteiger charge is 2.57. The van der Waals surface area contributed by atoms with Gasteiger partial charge in [-0.3, -0.25) is 4.79 Å². The fourth-order valence-electron chi connectivity index (χ4n) is 7.28. The molecule has 0 heterocycles. The van der Waals surface area contributed by atoms with Gasteiger partial charge in [0, 0.05) is 5.92 Å². The number of hydrogen-bond donors (Lipinski definition) is 1. The third-order valence-electron chi connectivity index (χ3n) is 8.30. The Morgan fingerprint density at radius 3 is 2.61 bits per heavy atom. The molecule has 4 aliphatic rings. The summed E-state index contributed by atoms with van der Waals surface area (Å²) in [5.41, 5.74) is 3.44. The average molecular weight is 316 g/mol. The van der Waals surface area contributed by atoms with Crippen LogP contribution in [0.25, 0.3) is 0 Å². The zero-order chi connectivity index (χ0) is 16.4. The molecule has 4 aliphatic carbocycles. The lowest BCUT2D eigenvalue weighted by Crippen LogP contribution is -2.47. The van der Waals surface area contributed by atoms with Crippen molar-refractivity contribution >= 4 is 5.78 Å². The van der Waals surface area contributed by atoms with E-state index < -0.39 is 0 Å². The van der Waals surface area contributed by atoms with Crippen molar-refractivity contribution in [3.05, 3.63) is 11.1 Å². The SMILES string of the molecule is CC(=O)C1CCC2C3CC(C)=C4CC(O)CCC4C3CCC12C. The van der Waals surface area contributed by atoms with Gasteiger partial charge in [0.05, 0.1) is 6.10 Å². The second-order valence-corrected chi connectivity index (χ2v) is 9.27. The molecule has 2 heteroatoms. The summed E-state index contributed by atoms with van der Waals surface area (Å²) < 4.78 is 0. The van der Waals surface area contributed by atoms with Crippen LogP contribution in [0, 0.1) is 35.0 Å². The van der Waals surface area contributed by atoms with Crippen LogP contribution < -0.4 is 0 Å². The van der Waals surface area contributed by atoms with Gasteiger partial charge in [0.1, 0.15) is 5.78 Å². The zero-order valence-electron chi connectivity index (χ0n) is 15.0. The normalized spacial score (nSPS) is 49.4. The van der Waals surface area contributed by atoms with Crippen molar-refractivity contribution in [2.75, 3.05) is 0 Å². The van der Waals surface area contributed by atoms with E-state index in [-0.39, 0.29) is 11.5 Å². The molecule has 2 nitrogen and oxygen atoms in total. The summed E-state index contributed by atoms with van der Waals surface area (Å²) in [4.78, 5) is 12.2. The second kappa shape index (κ2) is 5.44. The van der Waals surface area contributed by atoms with Crippen LogP contribution in [0.5, 0.6) is 0 Å². The van der Waals surface area contributed by atoms with Gasteiger partial charge in [0.25, 0.3) is 0 Å². The van der Waals surface area contributed by atoms with Gasteiger partial charge < -0.3 is 5.11 Å². The van der Waals surface area contributed by atoms with Crippen molar-refractivity contribution in [2.45, 2.75) is 78.2 Å². The zero-order valence-corrected chi connectivity index (χ0v) is 15.0. The Morgan fingerprint density at radius 1 is 1.09 bits per heavy atom. The number of rotatable bonds is 1. The summed E-state index contributed by atoms with van der Waals surface area (Å²) in [6.45, 7) is 6.56. The monoisotopic (exact) mass is 316 g/mol. The Kier molecular flexibility index (Phi) is 3.75. The Bertz CT molecular complexity index is 548. The molecule has 1 N–H and O–H groups in total. The third kappa shape index (κ3) is 2.27. The molecule has 0 spiro atoms. The molecule has 7 unspecified atom stereocenters. The summed E-state index contributed by atoms with van der Waals surface area (Å²) in [6.07, 6.45) is 9.17. The van der Waals surface area contributed by atoms with Crippen molar-refractivity contribution in [1.82, 2.24) is 0 Å². The second-order valence-electron chi connectivity index (χ2n) is 9.27. The van der Waals surface area contributed by atoms with E-state index in [1.54, 1.807) is 11.1 Å². The molecule has 3 saturated carbocycles. The highest BCUT2D eigenvalue weighted by molar-refractivity contribution is 5.79. The van der Waals surface area contributed by atoms with E-state index >= 15 is 0 Å². The van der Waals surface area contributed by atoms with Gasteiger partial charge in [-0.1, -0.05) is 18.1 Å². The molecule has 0 aromatic heterocycles. The van der Waals surface area contributed by atoms with E-state index in [0.717, 1.165) is 42.9 Å². The Hall–Kier alpha value is -0.630. The van der Waals surface area contributed by atoms with E-state index in [0.29, 0.717) is 11.7 Å². The third-order valence-corrected chi connectivity index (χ3v) is 8.30. The van der Waals surface area contributed by atoms with E-state index in [9.17, 15) is 9.90 Å². The van der Waals surface area contributed by atoms with Crippen LogP contribution in [0.3, 0.4) is 0 Å². The summed E-state index contributed by atoms with van der Waals surface area (Å²) in [5.74, 6) is 3.84. The van der Waals surface area contributed by atoms with Crippen LogP contribution in [0.2, 0.25) is 0 Å². The number of aliphatic hydroxyl groups is 1. The first-order valence-electron chi connectivity index (χ1n) is 9.79. The molecule has 7 atom stereocenters. The standard InChI is InChI=1S/C21H32O2/c1-12-10-18-16(15-5-4-14(23)11-17(12)15)8-9-21(3)19(13(2)22)6-7-20(18)21/h14-16,18-20,23H,4-11H2,1-3H3. The first kappa shape index (κ1) is 15.9. The number of fused-ring (bicyclic) bond motifs is 5. The number of allylic oxidation sites excluding steroid dienone is 1. The smallest absolute Gasteiger partial charge is 0.133 e. The predicted octanol–water partition coefficient (Wildman–Crippen LogP) is 4.52. The molecule has 0 bridgehead atoms. The van der Waals surface area contributed by atoms with Gasteiger partial charge in [-0.15, -0.1) is 0 Å². The summed E-state index contributed by atoms with van der Waals surface area (Å²) in [7, 11) is 0. The summed E-state index contributed by atoms with van der Waals surface area (Å²) in [6, 6.07) is 0. The molecule has 0 aromatic rings. The highest BCUT2D eigenvalue weighted by atomic mass is 16.3. The predicted molar refractivity (Wildman–Crippen MR) is 91.9 cm³/mol. The molecule has 0 saturated heterocycles. The van der Waals surface area contributed by atoms with Crippen molar-refractivity contribution < 1.29 is 9.90 Å². The van der Waals surface area contributed by atoms with Crippen molar-refractivity contribution in [2.24, 2.45) is 35.0 Å². The lowest BCUT2D eigenvalue weighted by molar-refractivity contribution is -0.126. The van der Waals surface area contributed by atoms with E-state index in [1.807, 2.05) is 6.92 Å². The topological polar surface area (TPSA) is 37.3 Å². The van der Waals surface area contributed by atoms with Crippen LogP contribution >= 0.6 is 0 Å². The molecular formula is C21H32O2. The number of carbonyl (C=O) groups excluding carboxylic acids is 1. The first-order chi connectivity index (χ1) is 10.9. The molecule has 0 amide bonds. The maximum atomic E-state index is 12.2. The fraction of sp³-hybridized carbons (Fsp3) is 0.857. The van der Waals surface area contributed by atoms with Crippen LogP contribution in [0.1, 0.15) is 72.1 Å². The van der Waals surface area contributed by atoms with Crippen LogP contribution in [-0.2, 0) is 4.79 Å². The average Bonchev–Trinajstić information content (AvgIpc) is 2.85. The quantitative estimate of drug-likeness (QED) is 0.722. The molecule has 4 rings (SSSR count). The Morgan fingerprint density at radius 2 is 1.87 bits per heavy atom. The minimum Gasteiger partial charge on any atom is -0.393 e. The number of Topliss-reactive ketones (excluding diaryl/α,β-unsaturated/α-hetero) is 1. The lowest BCUT2D eigenvalue weighted by atomic mass is 9.50. The molecule has 3 fully saturated rings. The first-order valence-corrected chi connectivity index (χ1v) is 9.79. The molecule has 23 heavy (non-hydrogen) atoms. The van der Waals surface area contributed by atoms with Gasteiger partial charge in [0.2, 0.25) is 0 Å². The van der Waals surface area contributed by atoms with E-state index in [4.69, 9.17) is 0 Å². The maximum Gasteiger partial charge on any atom is 0.133 e. The van der Waals surface area contributed by atoms with E-state index in [1.165, 1.54) is 32.1 Å². The Balaban J connectivity index is 1.65. The van der Waals surface area contributed by atoms with Crippen LogP contribution in [-0.4, -0.2) is 17.0 Å². The van der Waals surface area contributed by atoms with Gasteiger partial charge in [-0.25, -0.2) is 0 Å². The van der Waals surface area contributed by atoms with Gasteiger partial charge in [0.15, 0.2) is 0 Å². The minimum absolute atomic E-state index is 0.102. The molecule has 0 radical (unpaired) electrons. The largest absolute Gasteiger partial charge is 0.393 e. The Labute approximate surface area is 140 Å². The lowest BCUT2D eigenvalue weighted by Gasteiger charge is -2.54. The van der Waals surface area contributed by atoms with Gasteiger partial charge in [-0.2, -0.15) is 0 Å². The molecule has 128 valence electrons. The summed E-state index contributed by atoms with van der Waals surface area (Å²) >= 11 is 0. The molecule has 0 aromatic carbocycles. The summed E-state index contributed by atoms with van der Waals surface area (Å²) in [5, 5.41) is 10.1. The highest BCUT2D eigenvalue weighted by Crippen LogP contribution is 2.64.